The number of fused-ring (bicyclic) bond motifs is 2. The SMILES string of the molecule is C=CCN1C(=O)[C@@]2(O[C@@H](CCn3cc(C(CO)c4ccccc4)nn3)[C@H]([Si](C)(C)O)[C@H]2C)c2cc(N3CCOC3=O)ccc21. The second-order valence-corrected chi connectivity index (χ2v) is 16.3. The fourth-order valence-electron chi connectivity index (χ4n) is 7.34. The maximum Gasteiger partial charge on any atom is 0.414 e. The molecule has 2 N–H and O–H groups in total. The smallest absolute Gasteiger partial charge is 0.414 e. The molecule has 11 nitrogen and oxygen atoms in total. The maximum atomic E-state index is 14.4. The van der Waals surface area contributed by atoms with Crippen molar-refractivity contribution in [2.45, 2.75) is 56.1 Å². The fraction of sp³-hybridized carbons (Fsp3) is 0.438. The van der Waals surface area contributed by atoms with Gasteiger partial charge in [-0.1, -0.05) is 48.5 Å². The van der Waals surface area contributed by atoms with Crippen LogP contribution in [-0.2, 0) is 26.4 Å². The Balaban J connectivity index is 1.32. The summed E-state index contributed by atoms with van der Waals surface area (Å²) in [5, 5.41) is 18.8. The van der Waals surface area contributed by atoms with E-state index in [4.69, 9.17) is 9.47 Å². The first-order valence-corrected chi connectivity index (χ1v) is 18.1. The van der Waals surface area contributed by atoms with Crippen LogP contribution in [-0.4, -0.2) is 77.6 Å². The van der Waals surface area contributed by atoms with Crippen molar-refractivity contribution in [2.75, 3.05) is 36.1 Å². The van der Waals surface area contributed by atoms with E-state index in [9.17, 15) is 19.5 Å². The molecule has 4 heterocycles. The molecule has 3 aliphatic heterocycles. The van der Waals surface area contributed by atoms with Crippen molar-refractivity contribution in [2.24, 2.45) is 5.92 Å². The summed E-state index contributed by atoms with van der Waals surface area (Å²) in [6, 6.07) is 15.2. The Morgan fingerprint density at radius 1 is 1.20 bits per heavy atom. The Morgan fingerprint density at radius 2 is 1.98 bits per heavy atom. The molecule has 1 spiro atoms. The number of hydrogen-bond acceptors (Lipinski definition) is 8. The molecule has 0 aliphatic carbocycles. The second-order valence-electron chi connectivity index (χ2n) is 12.4. The molecule has 2 fully saturated rings. The van der Waals surface area contributed by atoms with E-state index in [1.165, 1.54) is 0 Å². The van der Waals surface area contributed by atoms with E-state index in [2.05, 4.69) is 16.9 Å². The molecule has 3 aromatic rings. The van der Waals surface area contributed by atoms with Gasteiger partial charge in [0.25, 0.3) is 5.91 Å². The molecule has 0 radical (unpaired) electrons. The van der Waals surface area contributed by atoms with Crippen LogP contribution in [0.3, 0.4) is 0 Å². The predicted octanol–water partition coefficient (Wildman–Crippen LogP) is 3.78. The van der Waals surface area contributed by atoms with E-state index in [-0.39, 0.29) is 29.9 Å². The standard InChI is InChI=1S/C32H39N5O6Si/c1-5-14-37-27-12-11-23(36-16-17-42-31(36)40)18-25(27)32(30(37)39)21(2)29(44(3,4)41)28(43-32)13-15-35-19-26(33-34-35)24(20-38)22-9-7-6-8-10-22/h5-12,18-19,21,24,28-29,38,41H,1,13-17,20H2,2-4H3/t21-,24?,28+,29-,32+/m1/s1. The average Bonchev–Trinajstić information content (AvgIpc) is 3.76. The summed E-state index contributed by atoms with van der Waals surface area (Å²) in [5.74, 6) is -0.828. The van der Waals surface area contributed by atoms with Gasteiger partial charge in [-0.25, -0.2) is 4.79 Å². The van der Waals surface area contributed by atoms with Gasteiger partial charge >= 0.3 is 6.09 Å². The molecule has 0 bridgehead atoms. The molecule has 44 heavy (non-hydrogen) atoms. The molecule has 232 valence electrons. The lowest BCUT2D eigenvalue weighted by Gasteiger charge is -2.32. The van der Waals surface area contributed by atoms with Crippen molar-refractivity contribution in [1.29, 1.82) is 0 Å². The Bertz CT molecular complexity index is 1560. The first-order valence-electron chi connectivity index (χ1n) is 15.1. The largest absolute Gasteiger partial charge is 0.447 e. The Kier molecular flexibility index (Phi) is 7.95. The van der Waals surface area contributed by atoms with Crippen LogP contribution in [0.2, 0.25) is 18.6 Å². The lowest BCUT2D eigenvalue weighted by atomic mass is 9.82. The molecule has 0 saturated carbocycles. The first-order chi connectivity index (χ1) is 21.1. The van der Waals surface area contributed by atoms with Crippen LogP contribution in [0.4, 0.5) is 16.2 Å². The lowest BCUT2D eigenvalue weighted by molar-refractivity contribution is -0.145. The molecular formula is C32H39N5O6Si. The number of carbonyl (C=O) groups is 2. The third-order valence-corrected chi connectivity index (χ3v) is 11.8. The maximum absolute atomic E-state index is 14.4. The molecule has 2 amide bonds. The molecule has 5 atom stereocenters. The van der Waals surface area contributed by atoms with Crippen LogP contribution in [0.5, 0.6) is 0 Å². The topological polar surface area (TPSA) is 130 Å². The summed E-state index contributed by atoms with van der Waals surface area (Å²) < 4.78 is 13.8. The zero-order valence-corrected chi connectivity index (χ0v) is 26.3. The third kappa shape index (κ3) is 4.95. The van der Waals surface area contributed by atoms with E-state index < -0.39 is 26.1 Å². The quantitative estimate of drug-likeness (QED) is 0.260. The first kappa shape index (κ1) is 30.2. The highest BCUT2D eigenvalue weighted by Crippen LogP contribution is 2.60. The Labute approximate surface area is 257 Å². The van der Waals surface area contributed by atoms with Crippen LogP contribution in [0, 0.1) is 5.92 Å². The van der Waals surface area contributed by atoms with Gasteiger partial charge in [0.2, 0.25) is 0 Å². The van der Waals surface area contributed by atoms with E-state index in [0.717, 1.165) is 5.56 Å². The summed E-state index contributed by atoms with van der Waals surface area (Å²) in [4.78, 5) is 41.6. The van der Waals surface area contributed by atoms with Crippen molar-refractivity contribution in [3.8, 4) is 0 Å². The number of nitrogens with zero attached hydrogens (tertiary/aromatic N) is 5. The second kappa shape index (κ2) is 11.6. The van der Waals surface area contributed by atoms with E-state index >= 15 is 0 Å². The Morgan fingerprint density at radius 3 is 2.64 bits per heavy atom. The summed E-state index contributed by atoms with van der Waals surface area (Å²) >= 11 is 0. The number of aliphatic hydroxyl groups is 1. The monoisotopic (exact) mass is 617 g/mol. The fourth-order valence-corrected chi connectivity index (χ4v) is 9.94. The number of aromatic nitrogens is 3. The predicted molar refractivity (Wildman–Crippen MR) is 167 cm³/mol. The molecular weight excluding hydrogens is 578 g/mol. The number of aryl methyl sites for hydroxylation is 1. The van der Waals surface area contributed by atoms with Gasteiger partial charge in [-0.2, -0.15) is 0 Å². The minimum atomic E-state index is -2.86. The van der Waals surface area contributed by atoms with Crippen molar-refractivity contribution in [1.82, 2.24) is 15.0 Å². The highest BCUT2D eigenvalue weighted by molar-refractivity contribution is 6.71. The highest BCUT2D eigenvalue weighted by Gasteiger charge is 2.66. The van der Waals surface area contributed by atoms with Crippen molar-refractivity contribution in [3.63, 3.8) is 0 Å². The third-order valence-electron chi connectivity index (χ3n) is 9.29. The molecule has 3 aliphatic rings. The number of benzene rings is 2. The van der Waals surface area contributed by atoms with E-state index in [0.29, 0.717) is 55.3 Å². The molecule has 2 aromatic carbocycles. The van der Waals surface area contributed by atoms with E-state index in [1.807, 2.05) is 74.7 Å². The number of anilines is 2. The number of hydrogen-bond donors (Lipinski definition) is 2. The number of ether oxygens (including phenoxy) is 2. The van der Waals surface area contributed by atoms with Crippen LogP contribution in [0.1, 0.15) is 36.1 Å². The number of rotatable bonds is 10. The van der Waals surface area contributed by atoms with E-state index in [1.54, 1.807) is 20.6 Å². The van der Waals surface area contributed by atoms with Crippen molar-refractivity contribution >= 4 is 31.7 Å². The molecule has 6 rings (SSSR count). The minimum absolute atomic E-state index is 0.0965. The van der Waals surface area contributed by atoms with Crippen LogP contribution >= 0.6 is 0 Å². The minimum Gasteiger partial charge on any atom is -0.447 e. The summed E-state index contributed by atoms with van der Waals surface area (Å²) in [5.41, 5.74) is 2.07. The highest BCUT2D eigenvalue weighted by atomic mass is 28.4. The van der Waals surface area contributed by atoms with Gasteiger partial charge in [-0.05, 0) is 43.3 Å². The molecule has 12 heteroatoms. The number of aliphatic hydroxyl groups excluding tert-OH is 1. The summed E-state index contributed by atoms with van der Waals surface area (Å²) in [7, 11) is -2.86. The van der Waals surface area contributed by atoms with Crippen LogP contribution in [0.25, 0.3) is 0 Å². The van der Waals surface area contributed by atoms with Gasteiger partial charge in [-0.3, -0.25) is 14.4 Å². The van der Waals surface area contributed by atoms with Crippen LogP contribution < -0.4 is 9.80 Å². The number of cyclic esters (lactones) is 1. The zero-order chi connectivity index (χ0) is 31.2. The molecule has 1 aromatic heterocycles. The Hall–Kier alpha value is -3.84. The average molecular weight is 618 g/mol. The van der Waals surface area contributed by atoms with Gasteiger partial charge in [-0.15, -0.1) is 11.7 Å². The summed E-state index contributed by atoms with van der Waals surface area (Å²) in [6.45, 7) is 11.0. The number of amides is 2. The van der Waals surface area contributed by atoms with Gasteiger partial charge in [0, 0.05) is 42.0 Å². The van der Waals surface area contributed by atoms with Gasteiger partial charge < -0.3 is 24.3 Å². The zero-order valence-electron chi connectivity index (χ0n) is 25.3. The molecule has 1 unspecified atom stereocenters. The van der Waals surface area contributed by atoms with Crippen molar-refractivity contribution in [3.05, 3.63) is 84.2 Å². The summed E-state index contributed by atoms with van der Waals surface area (Å²) in [6.07, 6.45) is 3.15. The normalized spacial score (nSPS) is 25.5. The van der Waals surface area contributed by atoms with Crippen molar-refractivity contribution < 1.29 is 29.0 Å². The van der Waals surface area contributed by atoms with Gasteiger partial charge in [0.1, 0.15) is 6.61 Å². The number of carbonyl (C=O) groups excluding carboxylic acids is 2. The van der Waals surface area contributed by atoms with Gasteiger partial charge in [0.05, 0.1) is 36.6 Å². The lowest BCUT2D eigenvalue weighted by Crippen LogP contribution is -2.46. The van der Waals surface area contributed by atoms with Crippen LogP contribution in [0.15, 0.2) is 67.4 Å². The molecule has 2 saturated heterocycles. The van der Waals surface area contributed by atoms with Gasteiger partial charge in [0.15, 0.2) is 13.9 Å².